The Kier molecular flexibility index (Phi) is 5.41. The highest BCUT2D eigenvalue weighted by Crippen LogP contribution is 2.27. The molecule has 0 bridgehead atoms. The van der Waals surface area contributed by atoms with Gasteiger partial charge in [0.25, 0.3) is 11.5 Å². The Balaban J connectivity index is 1.60. The van der Waals surface area contributed by atoms with Crippen LogP contribution in [0.25, 0.3) is 10.9 Å². The Labute approximate surface area is 162 Å². The average Bonchev–Trinajstić information content (AvgIpc) is 3.20. The van der Waals surface area contributed by atoms with Crippen molar-refractivity contribution in [3.05, 3.63) is 38.9 Å². The Hall–Kier alpha value is -1.99. The van der Waals surface area contributed by atoms with Gasteiger partial charge in [-0.05, 0) is 56.1 Å². The zero-order valence-electron chi connectivity index (χ0n) is 15.3. The van der Waals surface area contributed by atoms with Crippen LogP contribution in [0.4, 0.5) is 0 Å². The molecule has 2 fully saturated rings. The minimum atomic E-state index is -0.164. The quantitative estimate of drug-likeness (QED) is 0.788. The smallest absolute Gasteiger partial charge is 0.262 e. The molecule has 1 aliphatic heterocycles. The summed E-state index contributed by atoms with van der Waals surface area (Å²) in [4.78, 5) is 28.6. The topological polar surface area (TPSA) is 76.1 Å². The average molecular weight is 388 g/mol. The molecule has 1 aliphatic carbocycles. The standard InChI is InChI=1S/C20H25N3O3S/c24-18(21-12-15-7-4-10-26-15)13-8-9-16-17(11-13)22-20(27)23(19(16)25)14-5-2-1-3-6-14/h8-9,11,14-15H,1-7,10,12H2,(H,21,24)(H,22,27). The van der Waals surface area contributed by atoms with Crippen molar-refractivity contribution in [3.8, 4) is 0 Å². The Morgan fingerprint density at radius 3 is 2.78 bits per heavy atom. The molecule has 1 aromatic heterocycles. The molecule has 2 aliphatic rings. The number of H-pyrrole nitrogens is 1. The number of hydrogen-bond donors (Lipinski definition) is 2. The number of benzene rings is 1. The third-order valence-corrected chi connectivity index (χ3v) is 5.94. The van der Waals surface area contributed by atoms with Crippen molar-refractivity contribution in [3.63, 3.8) is 0 Å². The number of aromatic nitrogens is 2. The van der Waals surface area contributed by atoms with Crippen LogP contribution in [0.1, 0.15) is 61.3 Å². The van der Waals surface area contributed by atoms with Crippen molar-refractivity contribution >= 4 is 29.0 Å². The molecule has 1 aromatic carbocycles. The number of hydrogen-bond acceptors (Lipinski definition) is 4. The van der Waals surface area contributed by atoms with E-state index in [2.05, 4.69) is 10.3 Å². The summed E-state index contributed by atoms with van der Waals surface area (Å²) in [6.07, 6.45) is 7.59. The summed E-state index contributed by atoms with van der Waals surface area (Å²) < 4.78 is 7.70. The van der Waals surface area contributed by atoms with Crippen molar-refractivity contribution in [1.29, 1.82) is 0 Å². The van der Waals surface area contributed by atoms with Gasteiger partial charge in [0.2, 0.25) is 0 Å². The summed E-state index contributed by atoms with van der Waals surface area (Å²) in [5, 5.41) is 3.48. The van der Waals surface area contributed by atoms with E-state index in [1.807, 2.05) is 0 Å². The molecule has 2 heterocycles. The molecule has 1 amide bonds. The summed E-state index contributed by atoms with van der Waals surface area (Å²) in [6, 6.07) is 5.32. The van der Waals surface area contributed by atoms with Crippen LogP contribution < -0.4 is 10.9 Å². The van der Waals surface area contributed by atoms with Crippen molar-refractivity contribution in [2.75, 3.05) is 13.2 Å². The Morgan fingerprint density at radius 1 is 1.22 bits per heavy atom. The van der Waals surface area contributed by atoms with Crippen molar-refractivity contribution in [1.82, 2.24) is 14.9 Å². The Morgan fingerprint density at radius 2 is 2.04 bits per heavy atom. The normalized spacial score (nSPS) is 20.8. The second kappa shape index (κ2) is 7.94. The van der Waals surface area contributed by atoms with Gasteiger partial charge in [-0.3, -0.25) is 14.2 Å². The van der Waals surface area contributed by atoms with Gasteiger partial charge in [-0.1, -0.05) is 19.3 Å². The van der Waals surface area contributed by atoms with Crippen LogP contribution >= 0.6 is 12.2 Å². The van der Waals surface area contributed by atoms with Crippen LogP contribution in [-0.4, -0.2) is 34.7 Å². The number of fused-ring (bicyclic) bond motifs is 1. The molecule has 6 nitrogen and oxygen atoms in total. The molecule has 4 rings (SSSR count). The zero-order chi connectivity index (χ0) is 18.8. The highest BCUT2D eigenvalue weighted by molar-refractivity contribution is 7.71. The fourth-order valence-electron chi connectivity index (χ4n) is 4.16. The van der Waals surface area contributed by atoms with Crippen LogP contribution in [0.2, 0.25) is 0 Å². The van der Waals surface area contributed by atoms with E-state index in [4.69, 9.17) is 17.0 Å². The third-order valence-electron chi connectivity index (χ3n) is 5.65. The largest absolute Gasteiger partial charge is 0.376 e. The summed E-state index contributed by atoms with van der Waals surface area (Å²) in [5.41, 5.74) is 1.06. The van der Waals surface area contributed by atoms with Gasteiger partial charge in [0.1, 0.15) is 0 Å². The number of carbonyl (C=O) groups is 1. The van der Waals surface area contributed by atoms with E-state index in [9.17, 15) is 9.59 Å². The Bertz CT molecular complexity index is 953. The predicted octanol–water partition coefficient (Wildman–Crippen LogP) is 3.47. The van der Waals surface area contributed by atoms with E-state index in [1.165, 1.54) is 6.42 Å². The van der Waals surface area contributed by atoms with E-state index < -0.39 is 0 Å². The van der Waals surface area contributed by atoms with Crippen molar-refractivity contribution < 1.29 is 9.53 Å². The molecule has 0 radical (unpaired) electrons. The number of nitrogens with one attached hydrogen (secondary N) is 2. The van der Waals surface area contributed by atoms with Gasteiger partial charge in [0, 0.05) is 24.8 Å². The molecule has 2 N–H and O–H groups in total. The third kappa shape index (κ3) is 3.84. The summed E-state index contributed by atoms with van der Waals surface area (Å²) in [5.74, 6) is -0.164. The minimum absolute atomic E-state index is 0.0630. The summed E-state index contributed by atoms with van der Waals surface area (Å²) >= 11 is 5.47. The molecule has 2 aromatic rings. The summed E-state index contributed by atoms with van der Waals surface area (Å²) in [7, 11) is 0. The molecule has 1 atom stereocenters. The second-order valence-electron chi connectivity index (χ2n) is 7.50. The maximum absolute atomic E-state index is 13.0. The molecule has 1 unspecified atom stereocenters. The van der Waals surface area contributed by atoms with Crippen LogP contribution in [0.15, 0.2) is 23.0 Å². The highest BCUT2D eigenvalue weighted by Gasteiger charge is 2.20. The minimum Gasteiger partial charge on any atom is -0.376 e. The molecular formula is C20H25N3O3S. The first-order valence-corrected chi connectivity index (χ1v) is 10.2. The summed E-state index contributed by atoms with van der Waals surface area (Å²) in [6.45, 7) is 1.27. The van der Waals surface area contributed by atoms with E-state index in [0.717, 1.165) is 45.1 Å². The first kappa shape index (κ1) is 18.4. The predicted molar refractivity (Wildman–Crippen MR) is 107 cm³/mol. The SMILES string of the molecule is O=C(NCC1CCCO1)c1ccc2c(=O)n(C3CCCCC3)c(=S)[nH]c2c1. The molecule has 1 saturated carbocycles. The zero-order valence-corrected chi connectivity index (χ0v) is 16.1. The van der Waals surface area contributed by atoms with Gasteiger partial charge in [-0.15, -0.1) is 0 Å². The lowest BCUT2D eigenvalue weighted by atomic mass is 9.95. The van der Waals surface area contributed by atoms with E-state index >= 15 is 0 Å². The van der Waals surface area contributed by atoms with E-state index in [1.54, 1.807) is 22.8 Å². The number of amides is 1. The molecule has 0 spiro atoms. The molecule has 7 heteroatoms. The highest BCUT2D eigenvalue weighted by atomic mass is 32.1. The van der Waals surface area contributed by atoms with Crippen LogP contribution in [0.5, 0.6) is 0 Å². The first-order valence-electron chi connectivity index (χ1n) is 9.82. The lowest BCUT2D eigenvalue weighted by Crippen LogP contribution is -2.32. The van der Waals surface area contributed by atoms with Gasteiger partial charge in [0.15, 0.2) is 4.77 Å². The molecular weight excluding hydrogens is 362 g/mol. The number of rotatable bonds is 4. The van der Waals surface area contributed by atoms with Gasteiger partial charge < -0.3 is 15.0 Å². The van der Waals surface area contributed by atoms with E-state index in [-0.39, 0.29) is 23.6 Å². The van der Waals surface area contributed by atoms with Crippen LogP contribution in [0, 0.1) is 4.77 Å². The fourth-order valence-corrected chi connectivity index (χ4v) is 4.50. The molecule has 27 heavy (non-hydrogen) atoms. The maximum atomic E-state index is 13.0. The monoisotopic (exact) mass is 387 g/mol. The van der Waals surface area contributed by atoms with Crippen molar-refractivity contribution in [2.45, 2.75) is 57.1 Å². The van der Waals surface area contributed by atoms with Crippen molar-refractivity contribution in [2.24, 2.45) is 0 Å². The van der Waals surface area contributed by atoms with Gasteiger partial charge in [-0.25, -0.2) is 0 Å². The van der Waals surface area contributed by atoms with Crippen LogP contribution in [-0.2, 0) is 4.74 Å². The molecule has 144 valence electrons. The first-order chi connectivity index (χ1) is 13.1. The molecule has 1 saturated heterocycles. The lowest BCUT2D eigenvalue weighted by molar-refractivity contribution is 0.0858. The van der Waals surface area contributed by atoms with Gasteiger partial charge in [0.05, 0.1) is 17.0 Å². The number of nitrogens with zero attached hydrogens (tertiary/aromatic N) is 1. The van der Waals surface area contributed by atoms with Gasteiger partial charge in [-0.2, -0.15) is 0 Å². The van der Waals surface area contributed by atoms with Gasteiger partial charge >= 0.3 is 0 Å². The van der Waals surface area contributed by atoms with Crippen LogP contribution in [0.3, 0.4) is 0 Å². The van der Waals surface area contributed by atoms with E-state index in [0.29, 0.717) is 27.8 Å². The fraction of sp³-hybridized carbons (Fsp3) is 0.550. The number of carbonyl (C=O) groups excluding carboxylic acids is 1. The number of aromatic amines is 1. The lowest BCUT2D eigenvalue weighted by Gasteiger charge is -2.24. The second-order valence-corrected chi connectivity index (χ2v) is 7.89. The maximum Gasteiger partial charge on any atom is 0.262 e. The number of ether oxygens (including phenoxy) is 1.